The van der Waals surface area contributed by atoms with Gasteiger partial charge in [0.15, 0.2) is 0 Å². The van der Waals surface area contributed by atoms with Crippen molar-refractivity contribution >= 4 is 16.8 Å². The Labute approximate surface area is 176 Å². The monoisotopic (exact) mass is 405 g/mol. The number of phenols is 1. The number of aromatic nitrogens is 1. The second kappa shape index (κ2) is 7.45. The number of hydrogen-bond acceptors (Lipinski definition) is 4. The number of carbonyl (C=O) groups is 1. The third-order valence-corrected chi connectivity index (χ3v) is 6.63. The van der Waals surface area contributed by atoms with Crippen molar-refractivity contribution in [3.8, 4) is 5.75 Å². The predicted octanol–water partition coefficient (Wildman–Crippen LogP) is 3.14. The van der Waals surface area contributed by atoms with Crippen molar-refractivity contribution in [2.24, 2.45) is 7.05 Å². The molecule has 1 aromatic heterocycles. The molecule has 2 aliphatic heterocycles. The van der Waals surface area contributed by atoms with E-state index in [-0.39, 0.29) is 23.8 Å². The molecule has 6 heteroatoms. The normalized spacial score (nSPS) is 24.1. The van der Waals surface area contributed by atoms with Gasteiger partial charge in [0.05, 0.1) is 18.3 Å². The zero-order valence-electron chi connectivity index (χ0n) is 17.3. The molecule has 0 bridgehead atoms. The number of amides is 1. The molecule has 30 heavy (non-hydrogen) atoms. The fourth-order valence-corrected chi connectivity index (χ4v) is 4.95. The maximum atomic E-state index is 13.2. The summed E-state index contributed by atoms with van der Waals surface area (Å²) in [5.41, 5.74) is 3.69. The topological polar surface area (TPSA) is 66.7 Å². The lowest BCUT2D eigenvalue weighted by atomic mass is 10.1. The Morgan fingerprint density at radius 3 is 2.77 bits per heavy atom. The zero-order chi connectivity index (χ0) is 20.8. The second-order valence-corrected chi connectivity index (χ2v) is 8.47. The lowest BCUT2D eigenvalue weighted by molar-refractivity contribution is -0.0502. The number of rotatable bonds is 3. The van der Waals surface area contributed by atoms with E-state index in [0.717, 1.165) is 36.1 Å². The molecule has 3 atom stereocenters. The van der Waals surface area contributed by atoms with Crippen LogP contribution in [-0.2, 0) is 11.8 Å². The summed E-state index contributed by atoms with van der Waals surface area (Å²) in [4.78, 5) is 15.6. The number of nitrogens with one attached hydrogen (secondary N) is 1. The smallest absolute Gasteiger partial charge is 0.253 e. The quantitative estimate of drug-likeness (QED) is 0.703. The number of phenolic OH excluding ortho intramolecular Hbond substituents is 1. The van der Waals surface area contributed by atoms with Gasteiger partial charge in [0.2, 0.25) is 0 Å². The molecular formula is C24H27N3O3. The molecule has 3 aromatic rings. The number of fused-ring (bicyclic) bond motifs is 2. The first kappa shape index (κ1) is 19.2. The van der Waals surface area contributed by atoms with Crippen LogP contribution < -0.4 is 5.32 Å². The van der Waals surface area contributed by atoms with Crippen LogP contribution in [0.1, 0.15) is 34.1 Å². The van der Waals surface area contributed by atoms with E-state index in [1.165, 1.54) is 5.56 Å². The largest absolute Gasteiger partial charge is 0.508 e. The molecule has 3 heterocycles. The van der Waals surface area contributed by atoms with Crippen molar-refractivity contribution in [2.75, 3.05) is 19.7 Å². The number of aromatic hydroxyl groups is 1. The Kier molecular flexibility index (Phi) is 4.76. The van der Waals surface area contributed by atoms with Gasteiger partial charge < -0.3 is 19.7 Å². The van der Waals surface area contributed by atoms with Crippen LogP contribution in [0.5, 0.6) is 5.75 Å². The molecule has 2 N–H and O–H groups in total. The number of morpholine rings is 1. The minimum absolute atomic E-state index is 0.0749. The standard InChI is InChI=1S/C24H27N3O3/c1-15-23(20-11-19(28)8-9-21(20)26(15)2)24(29)25-17-10-18-14-30-22(13-27(18)12-17)16-6-4-3-5-7-16/h3-9,11,17-18,22,28H,10,12-14H2,1-2H3,(H,25,29)/t17-,18-,22+/m0/s1. The summed E-state index contributed by atoms with van der Waals surface area (Å²) < 4.78 is 8.12. The number of hydrogen-bond donors (Lipinski definition) is 2. The van der Waals surface area contributed by atoms with Gasteiger partial charge in [-0.05, 0) is 37.1 Å². The number of benzene rings is 2. The van der Waals surface area contributed by atoms with E-state index in [1.54, 1.807) is 12.1 Å². The van der Waals surface area contributed by atoms with Gasteiger partial charge in [-0.1, -0.05) is 30.3 Å². The Hall–Kier alpha value is -2.83. The molecule has 0 unspecified atom stereocenters. The molecule has 0 aliphatic carbocycles. The maximum Gasteiger partial charge on any atom is 0.253 e. The average Bonchev–Trinajstić information content (AvgIpc) is 3.25. The van der Waals surface area contributed by atoms with Crippen molar-refractivity contribution in [3.05, 3.63) is 65.4 Å². The third-order valence-electron chi connectivity index (χ3n) is 6.63. The van der Waals surface area contributed by atoms with Gasteiger partial charge in [0.1, 0.15) is 5.75 Å². The fraction of sp³-hybridized carbons (Fsp3) is 0.375. The summed E-state index contributed by atoms with van der Waals surface area (Å²) in [6, 6.07) is 15.9. The summed E-state index contributed by atoms with van der Waals surface area (Å²) >= 11 is 0. The molecule has 0 radical (unpaired) electrons. The highest BCUT2D eigenvalue weighted by Gasteiger charge is 2.38. The minimum atomic E-state index is -0.0749. The molecule has 2 aliphatic rings. The first-order chi connectivity index (χ1) is 14.5. The predicted molar refractivity (Wildman–Crippen MR) is 116 cm³/mol. The van der Waals surface area contributed by atoms with Crippen LogP contribution in [0.3, 0.4) is 0 Å². The van der Waals surface area contributed by atoms with Crippen molar-refractivity contribution in [1.82, 2.24) is 14.8 Å². The van der Waals surface area contributed by atoms with E-state index in [2.05, 4.69) is 22.3 Å². The van der Waals surface area contributed by atoms with E-state index in [0.29, 0.717) is 18.2 Å². The molecule has 156 valence electrons. The van der Waals surface area contributed by atoms with E-state index in [9.17, 15) is 9.90 Å². The fourth-order valence-electron chi connectivity index (χ4n) is 4.95. The van der Waals surface area contributed by atoms with Gasteiger partial charge >= 0.3 is 0 Å². The molecule has 0 saturated carbocycles. The average molecular weight is 405 g/mol. The summed E-state index contributed by atoms with van der Waals surface area (Å²) in [5, 5.41) is 13.9. The summed E-state index contributed by atoms with van der Waals surface area (Å²) in [6.45, 7) is 4.32. The lowest BCUT2D eigenvalue weighted by Crippen LogP contribution is -2.43. The van der Waals surface area contributed by atoms with Gasteiger partial charge in [-0.25, -0.2) is 0 Å². The van der Waals surface area contributed by atoms with E-state index < -0.39 is 0 Å². The van der Waals surface area contributed by atoms with E-state index in [1.807, 2.05) is 42.8 Å². The van der Waals surface area contributed by atoms with Crippen LogP contribution >= 0.6 is 0 Å². The van der Waals surface area contributed by atoms with Gasteiger partial charge in [0.25, 0.3) is 5.91 Å². The first-order valence-electron chi connectivity index (χ1n) is 10.5. The number of ether oxygens (including phenoxy) is 1. The van der Waals surface area contributed by atoms with Crippen LogP contribution in [0.4, 0.5) is 0 Å². The summed E-state index contributed by atoms with van der Waals surface area (Å²) in [5.74, 6) is 0.0957. The first-order valence-corrected chi connectivity index (χ1v) is 10.5. The molecule has 1 amide bonds. The summed E-state index contributed by atoms with van der Waals surface area (Å²) in [7, 11) is 1.95. The van der Waals surface area contributed by atoms with E-state index in [4.69, 9.17) is 4.74 Å². The van der Waals surface area contributed by atoms with Gasteiger partial charge in [-0.3, -0.25) is 9.69 Å². The Morgan fingerprint density at radius 2 is 1.97 bits per heavy atom. The minimum Gasteiger partial charge on any atom is -0.508 e. The Balaban J connectivity index is 1.31. The van der Waals surface area contributed by atoms with Crippen LogP contribution in [0.15, 0.2) is 48.5 Å². The van der Waals surface area contributed by atoms with Gasteiger partial charge in [-0.2, -0.15) is 0 Å². The summed E-state index contributed by atoms with van der Waals surface area (Å²) in [6.07, 6.45) is 0.975. The van der Waals surface area contributed by atoms with Crippen LogP contribution in [0.2, 0.25) is 0 Å². The van der Waals surface area contributed by atoms with Crippen molar-refractivity contribution in [2.45, 2.75) is 31.5 Å². The van der Waals surface area contributed by atoms with Crippen LogP contribution in [0.25, 0.3) is 10.9 Å². The van der Waals surface area contributed by atoms with Crippen molar-refractivity contribution < 1.29 is 14.6 Å². The molecule has 6 nitrogen and oxygen atoms in total. The molecule has 0 spiro atoms. The van der Waals surface area contributed by atoms with Crippen molar-refractivity contribution in [1.29, 1.82) is 0 Å². The molecule has 2 aromatic carbocycles. The highest BCUT2D eigenvalue weighted by Crippen LogP contribution is 2.31. The molecule has 5 rings (SSSR count). The highest BCUT2D eigenvalue weighted by atomic mass is 16.5. The molecule has 2 saturated heterocycles. The maximum absolute atomic E-state index is 13.2. The van der Waals surface area contributed by atoms with Crippen LogP contribution in [0, 0.1) is 6.92 Å². The zero-order valence-corrected chi connectivity index (χ0v) is 17.3. The van der Waals surface area contributed by atoms with Gasteiger partial charge in [-0.15, -0.1) is 0 Å². The Bertz CT molecular complexity index is 1090. The molecular weight excluding hydrogens is 378 g/mol. The highest BCUT2D eigenvalue weighted by molar-refractivity contribution is 6.08. The number of aryl methyl sites for hydroxylation is 1. The van der Waals surface area contributed by atoms with E-state index >= 15 is 0 Å². The molecule has 2 fully saturated rings. The number of nitrogens with zero attached hydrogens (tertiary/aromatic N) is 2. The SMILES string of the molecule is Cc1c(C(=O)N[C@H]2C[C@H]3CO[C@@H](c4ccccc4)CN3C2)c2cc(O)ccc2n1C. The second-order valence-electron chi connectivity index (χ2n) is 8.47. The van der Waals surface area contributed by atoms with Crippen LogP contribution in [-0.4, -0.2) is 52.3 Å². The number of carbonyl (C=O) groups excluding carboxylic acids is 1. The van der Waals surface area contributed by atoms with Gasteiger partial charge in [0, 0.05) is 48.8 Å². The third kappa shape index (κ3) is 3.26. The lowest BCUT2D eigenvalue weighted by Gasteiger charge is -2.35. The van der Waals surface area contributed by atoms with Crippen molar-refractivity contribution in [3.63, 3.8) is 0 Å². The Morgan fingerprint density at radius 1 is 1.17 bits per heavy atom.